The van der Waals surface area contributed by atoms with E-state index in [1.165, 1.54) is 18.2 Å². The molecule has 0 saturated heterocycles. The Hall–Kier alpha value is -3.81. The van der Waals surface area contributed by atoms with Crippen LogP contribution in [0.2, 0.25) is 0 Å². The molecule has 3 rings (SSSR count). The summed E-state index contributed by atoms with van der Waals surface area (Å²) in [4.78, 5) is 23.8. The van der Waals surface area contributed by atoms with Crippen LogP contribution in [-0.2, 0) is 0 Å². The van der Waals surface area contributed by atoms with Crippen molar-refractivity contribution in [1.82, 2.24) is 0 Å². The van der Waals surface area contributed by atoms with Crippen LogP contribution >= 0.6 is 0 Å². The number of aromatic nitrogens is 1. The molecule has 28 heavy (non-hydrogen) atoms. The van der Waals surface area contributed by atoms with Crippen LogP contribution in [0.4, 0.5) is 14.5 Å². The Morgan fingerprint density at radius 3 is 2.39 bits per heavy atom. The molecule has 0 radical (unpaired) electrons. The van der Waals surface area contributed by atoms with Crippen molar-refractivity contribution in [1.29, 1.82) is 0 Å². The Morgan fingerprint density at radius 2 is 1.79 bits per heavy atom. The highest BCUT2D eigenvalue weighted by molar-refractivity contribution is 6.13. The van der Waals surface area contributed by atoms with Gasteiger partial charge in [-0.2, -0.15) is 4.73 Å². The highest BCUT2D eigenvalue weighted by atomic mass is 19.1. The van der Waals surface area contributed by atoms with Crippen LogP contribution in [0, 0.1) is 23.8 Å². The number of anilines is 1. The molecule has 0 spiro atoms. The van der Waals surface area contributed by atoms with Gasteiger partial charge in [-0.3, -0.25) is 4.79 Å². The number of hydrogen-bond acceptors (Lipinski definition) is 4. The molecule has 3 aromatic rings. The zero-order valence-corrected chi connectivity index (χ0v) is 14.6. The van der Waals surface area contributed by atoms with Gasteiger partial charge in [-0.05, 0) is 42.8 Å². The lowest BCUT2D eigenvalue weighted by atomic mass is 9.96. The molecule has 3 N–H and O–H groups in total. The molecule has 0 aliphatic rings. The number of carboxylic acids is 1. The predicted molar refractivity (Wildman–Crippen MR) is 96.7 cm³/mol. The van der Waals surface area contributed by atoms with Gasteiger partial charge in [0.05, 0.1) is 22.3 Å². The van der Waals surface area contributed by atoms with Crippen molar-refractivity contribution in [2.24, 2.45) is 0 Å². The lowest BCUT2D eigenvalue weighted by molar-refractivity contribution is -0.593. The molecule has 0 aliphatic carbocycles. The summed E-state index contributed by atoms with van der Waals surface area (Å²) in [6.07, 6.45) is 1.05. The van der Waals surface area contributed by atoms with E-state index in [9.17, 15) is 23.6 Å². The van der Waals surface area contributed by atoms with Gasteiger partial charge < -0.3 is 16.0 Å². The number of benzene rings is 2. The maximum absolute atomic E-state index is 14.0. The van der Waals surface area contributed by atoms with Gasteiger partial charge >= 0.3 is 5.97 Å². The highest BCUT2D eigenvalue weighted by Gasteiger charge is 2.25. The molecule has 0 atom stereocenters. The Kier molecular flexibility index (Phi) is 4.79. The van der Waals surface area contributed by atoms with E-state index in [0.29, 0.717) is 21.9 Å². The number of aryl methyl sites for hydroxylation is 1. The number of aromatic carboxylic acids is 1. The fourth-order valence-electron chi connectivity index (χ4n) is 2.90. The van der Waals surface area contributed by atoms with E-state index < -0.39 is 23.4 Å². The van der Waals surface area contributed by atoms with Gasteiger partial charge in [-0.25, -0.2) is 13.6 Å². The molecule has 6 nitrogen and oxygen atoms in total. The van der Waals surface area contributed by atoms with Crippen LogP contribution in [0.5, 0.6) is 0 Å². The monoisotopic (exact) mass is 384 g/mol. The van der Waals surface area contributed by atoms with E-state index in [4.69, 9.17) is 10.8 Å². The summed E-state index contributed by atoms with van der Waals surface area (Å²) >= 11 is 0. The van der Waals surface area contributed by atoms with E-state index in [0.717, 1.165) is 24.4 Å². The molecule has 0 aliphatic heterocycles. The van der Waals surface area contributed by atoms with E-state index in [2.05, 4.69) is 0 Å². The van der Waals surface area contributed by atoms with Gasteiger partial charge in [-0.1, -0.05) is 0 Å². The normalized spacial score (nSPS) is 10.7. The SMILES string of the molecule is Cc1cc(C(=O)O)ccc1-c1c(N)c(C(=O)c2ccc(F)cc2F)cc[n+]1[O-]. The first kappa shape index (κ1) is 19.0. The number of rotatable bonds is 4. The molecule has 1 aromatic heterocycles. The number of ketones is 1. The minimum atomic E-state index is -1.13. The van der Waals surface area contributed by atoms with E-state index in [1.54, 1.807) is 6.92 Å². The Labute approximate surface area is 158 Å². The van der Waals surface area contributed by atoms with Crippen molar-refractivity contribution in [3.8, 4) is 11.3 Å². The summed E-state index contributed by atoms with van der Waals surface area (Å²) in [5.74, 6) is -3.82. The lowest BCUT2D eigenvalue weighted by Gasteiger charge is -2.13. The van der Waals surface area contributed by atoms with Gasteiger partial charge in [-0.15, -0.1) is 0 Å². The maximum atomic E-state index is 14.0. The Morgan fingerprint density at radius 1 is 1.07 bits per heavy atom. The molecule has 0 unspecified atom stereocenters. The second kappa shape index (κ2) is 7.07. The molecule has 0 fully saturated rings. The lowest BCUT2D eigenvalue weighted by Crippen LogP contribution is -2.31. The first-order chi connectivity index (χ1) is 13.2. The van der Waals surface area contributed by atoms with Gasteiger partial charge in [0, 0.05) is 12.1 Å². The summed E-state index contributed by atoms with van der Waals surface area (Å²) in [5, 5.41) is 21.4. The molecule has 0 amide bonds. The maximum Gasteiger partial charge on any atom is 0.335 e. The summed E-state index contributed by atoms with van der Waals surface area (Å²) in [5.41, 5.74) is 6.07. The largest absolute Gasteiger partial charge is 0.618 e. The summed E-state index contributed by atoms with van der Waals surface area (Å²) in [6.45, 7) is 1.59. The number of carbonyl (C=O) groups excluding carboxylic acids is 1. The van der Waals surface area contributed by atoms with Gasteiger partial charge in [0.15, 0.2) is 12.0 Å². The van der Waals surface area contributed by atoms with E-state index in [1.807, 2.05) is 0 Å². The third kappa shape index (κ3) is 3.27. The molecule has 0 bridgehead atoms. The molecule has 1 heterocycles. The Balaban J connectivity index is 2.16. The Bertz CT molecular complexity index is 1130. The second-order valence-electron chi connectivity index (χ2n) is 6.11. The third-order valence-electron chi connectivity index (χ3n) is 4.29. The molecule has 2 aromatic carbocycles. The fourth-order valence-corrected chi connectivity index (χ4v) is 2.90. The minimum Gasteiger partial charge on any atom is -0.618 e. The minimum absolute atomic E-state index is 0.0258. The average molecular weight is 384 g/mol. The molecule has 8 heteroatoms. The topological polar surface area (TPSA) is 107 Å². The van der Waals surface area contributed by atoms with Crippen LogP contribution in [0.25, 0.3) is 11.3 Å². The number of pyridine rings is 1. The number of hydrogen-bond donors (Lipinski definition) is 2. The molecular weight excluding hydrogens is 370 g/mol. The van der Waals surface area contributed by atoms with Gasteiger partial charge in [0.1, 0.15) is 17.3 Å². The average Bonchev–Trinajstić information content (AvgIpc) is 2.62. The van der Waals surface area contributed by atoms with Crippen LogP contribution in [0.15, 0.2) is 48.7 Å². The van der Waals surface area contributed by atoms with E-state index >= 15 is 0 Å². The van der Waals surface area contributed by atoms with Gasteiger partial charge in [0.2, 0.25) is 5.69 Å². The summed E-state index contributed by atoms with van der Waals surface area (Å²) in [7, 11) is 0. The number of halogens is 2. The number of carbonyl (C=O) groups is 2. The third-order valence-corrected chi connectivity index (χ3v) is 4.29. The standard InChI is InChI=1S/C20H14F2N2O4/c1-10-8-11(20(26)27)2-4-13(10)18-17(23)15(6-7-24(18)28)19(25)14-5-3-12(21)9-16(14)22/h2-9H,23H2,1H3,(H,26,27). The molecular formula is C20H14F2N2O4. The second-order valence-corrected chi connectivity index (χ2v) is 6.11. The smallest absolute Gasteiger partial charge is 0.335 e. The van der Waals surface area contributed by atoms with Crippen molar-refractivity contribution in [2.75, 3.05) is 5.73 Å². The highest BCUT2D eigenvalue weighted by Crippen LogP contribution is 2.30. The first-order valence-corrected chi connectivity index (χ1v) is 8.06. The zero-order valence-electron chi connectivity index (χ0n) is 14.6. The number of nitrogen functional groups attached to an aromatic ring is 1. The van der Waals surface area contributed by atoms with Crippen molar-refractivity contribution in [3.63, 3.8) is 0 Å². The van der Waals surface area contributed by atoms with Crippen LogP contribution < -0.4 is 10.5 Å². The fraction of sp³-hybridized carbons (Fsp3) is 0.0500. The van der Waals surface area contributed by atoms with Crippen LogP contribution in [0.1, 0.15) is 31.8 Å². The first-order valence-electron chi connectivity index (χ1n) is 8.06. The molecule has 142 valence electrons. The summed E-state index contributed by atoms with van der Waals surface area (Å²) in [6, 6.07) is 7.75. The quantitative estimate of drug-likeness (QED) is 0.408. The zero-order chi connectivity index (χ0) is 20.6. The van der Waals surface area contributed by atoms with Crippen molar-refractivity contribution in [2.45, 2.75) is 6.92 Å². The van der Waals surface area contributed by atoms with Crippen molar-refractivity contribution in [3.05, 3.63) is 87.8 Å². The van der Waals surface area contributed by atoms with E-state index in [-0.39, 0.29) is 28.1 Å². The van der Waals surface area contributed by atoms with Crippen molar-refractivity contribution < 1.29 is 28.2 Å². The predicted octanol–water partition coefficient (Wildman–Crippen LogP) is 3.09. The molecule has 0 saturated carbocycles. The summed E-state index contributed by atoms with van der Waals surface area (Å²) < 4.78 is 27.5. The van der Waals surface area contributed by atoms with Crippen molar-refractivity contribution >= 4 is 17.4 Å². The number of nitrogens with two attached hydrogens (primary N) is 1. The van der Waals surface area contributed by atoms with Crippen LogP contribution in [0.3, 0.4) is 0 Å². The number of nitrogens with zero attached hydrogens (tertiary/aromatic N) is 1. The number of carboxylic acid groups (broad SMARTS) is 1. The van der Waals surface area contributed by atoms with Crippen LogP contribution in [-0.4, -0.2) is 16.9 Å². The van der Waals surface area contributed by atoms with Gasteiger partial charge in [0.25, 0.3) is 0 Å².